The molecule has 0 atom stereocenters. The van der Waals surface area contributed by atoms with Crippen LogP contribution in [0.15, 0.2) is 18.3 Å². The van der Waals surface area contributed by atoms with Crippen LogP contribution in [0.3, 0.4) is 0 Å². The van der Waals surface area contributed by atoms with Crippen molar-refractivity contribution in [2.45, 2.75) is 19.8 Å². The molecule has 1 aliphatic rings. The van der Waals surface area contributed by atoms with Gasteiger partial charge < -0.3 is 10.1 Å². The number of pyridine rings is 1. The Balaban J connectivity index is 2.11. The Morgan fingerprint density at radius 3 is 2.76 bits per heavy atom. The molecule has 1 fully saturated rings. The number of hydrogen-bond acceptors (Lipinski definition) is 4. The summed E-state index contributed by atoms with van der Waals surface area (Å²) >= 11 is 0. The van der Waals surface area contributed by atoms with Crippen LogP contribution < -0.4 is 5.32 Å². The van der Waals surface area contributed by atoms with Gasteiger partial charge in [0.2, 0.25) is 5.91 Å². The minimum absolute atomic E-state index is 0.0491. The number of carbonyl (C=O) groups excluding carboxylic acids is 2. The Morgan fingerprint density at radius 2 is 2.18 bits per heavy atom. The summed E-state index contributed by atoms with van der Waals surface area (Å²) in [5, 5.41) is 2.71. The molecule has 5 nitrogen and oxygen atoms in total. The van der Waals surface area contributed by atoms with E-state index in [0.717, 1.165) is 12.8 Å². The summed E-state index contributed by atoms with van der Waals surface area (Å²) in [6.07, 6.45) is 3.27. The number of amides is 1. The zero-order valence-electron chi connectivity index (χ0n) is 9.82. The zero-order valence-corrected chi connectivity index (χ0v) is 9.82. The van der Waals surface area contributed by atoms with E-state index in [-0.39, 0.29) is 11.3 Å². The van der Waals surface area contributed by atoms with Gasteiger partial charge in [-0.3, -0.25) is 4.79 Å². The summed E-state index contributed by atoms with van der Waals surface area (Å²) in [4.78, 5) is 27.1. The lowest BCUT2D eigenvalue weighted by Crippen LogP contribution is -2.22. The molecule has 0 aromatic carbocycles. The summed E-state index contributed by atoms with van der Waals surface area (Å²) in [7, 11) is 1.31. The zero-order chi connectivity index (χ0) is 12.5. The van der Waals surface area contributed by atoms with Crippen LogP contribution in [-0.2, 0) is 9.53 Å². The second-order valence-corrected chi connectivity index (χ2v) is 4.44. The van der Waals surface area contributed by atoms with Gasteiger partial charge in [0, 0.05) is 11.6 Å². The molecule has 0 bridgehead atoms. The molecule has 5 heteroatoms. The standard InChI is InChI=1S/C12H14N2O3/c1-12(4-5-12)11(16)14-9-7-8(3-6-13-9)10(15)17-2/h3,6-7H,4-5H2,1-2H3,(H,13,14,16). The van der Waals surface area contributed by atoms with Crippen molar-refractivity contribution in [2.75, 3.05) is 12.4 Å². The molecule has 1 heterocycles. The smallest absolute Gasteiger partial charge is 0.338 e. The highest BCUT2D eigenvalue weighted by Crippen LogP contribution is 2.45. The molecule has 17 heavy (non-hydrogen) atoms. The van der Waals surface area contributed by atoms with E-state index in [1.54, 1.807) is 6.07 Å². The first-order chi connectivity index (χ1) is 8.05. The van der Waals surface area contributed by atoms with E-state index in [2.05, 4.69) is 15.0 Å². The molecular formula is C12H14N2O3. The maximum atomic E-state index is 11.8. The molecule has 1 N–H and O–H groups in total. The Morgan fingerprint density at radius 1 is 1.47 bits per heavy atom. The van der Waals surface area contributed by atoms with Crippen LogP contribution in [-0.4, -0.2) is 24.0 Å². The van der Waals surface area contributed by atoms with Crippen molar-refractivity contribution < 1.29 is 14.3 Å². The first-order valence-corrected chi connectivity index (χ1v) is 5.41. The van der Waals surface area contributed by atoms with Crippen molar-refractivity contribution in [1.82, 2.24) is 4.98 Å². The van der Waals surface area contributed by atoms with Crippen molar-refractivity contribution in [3.63, 3.8) is 0 Å². The first-order valence-electron chi connectivity index (χ1n) is 5.41. The third kappa shape index (κ3) is 2.43. The van der Waals surface area contributed by atoms with Gasteiger partial charge in [-0.05, 0) is 25.0 Å². The van der Waals surface area contributed by atoms with E-state index in [0.29, 0.717) is 11.4 Å². The summed E-state index contributed by atoms with van der Waals surface area (Å²) in [5.74, 6) is -0.112. The number of carbonyl (C=O) groups is 2. The Bertz CT molecular complexity index is 467. The van der Waals surface area contributed by atoms with Gasteiger partial charge in [0.15, 0.2) is 0 Å². The second-order valence-electron chi connectivity index (χ2n) is 4.44. The third-order valence-corrected chi connectivity index (χ3v) is 2.97. The van der Waals surface area contributed by atoms with Crippen LogP contribution in [0.2, 0.25) is 0 Å². The molecule has 90 valence electrons. The summed E-state index contributed by atoms with van der Waals surface area (Å²) < 4.78 is 4.60. The van der Waals surface area contributed by atoms with Crippen molar-refractivity contribution in [3.8, 4) is 0 Å². The molecule has 0 saturated heterocycles. The molecule has 1 saturated carbocycles. The van der Waals surface area contributed by atoms with Gasteiger partial charge >= 0.3 is 5.97 Å². The van der Waals surface area contributed by atoms with Gasteiger partial charge in [-0.2, -0.15) is 0 Å². The number of nitrogens with one attached hydrogen (secondary N) is 1. The average Bonchev–Trinajstić information content (AvgIpc) is 3.08. The van der Waals surface area contributed by atoms with Crippen molar-refractivity contribution in [3.05, 3.63) is 23.9 Å². The molecule has 0 spiro atoms. The van der Waals surface area contributed by atoms with E-state index in [1.165, 1.54) is 19.4 Å². The lowest BCUT2D eigenvalue weighted by molar-refractivity contribution is -0.120. The summed E-state index contributed by atoms with van der Waals surface area (Å²) in [6, 6.07) is 3.05. The monoisotopic (exact) mass is 234 g/mol. The first kappa shape index (κ1) is 11.6. The highest BCUT2D eigenvalue weighted by molar-refractivity contribution is 5.97. The Kier molecular flexibility index (Phi) is 2.83. The number of hydrogen-bond donors (Lipinski definition) is 1. The molecule has 0 unspecified atom stereocenters. The predicted molar refractivity (Wildman–Crippen MR) is 61.5 cm³/mol. The van der Waals surface area contributed by atoms with Gasteiger partial charge in [0.05, 0.1) is 12.7 Å². The van der Waals surface area contributed by atoms with Gasteiger partial charge in [-0.25, -0.2) is 9.78 Å². The second kappa shape index (κ2) is 4.16. The lowest BCUT2D eigenvalue weighted by atomic mass is 10.1. The molecule has 2 rings (SSSR count). The van der Waals surface area contributed by atoms with Gasteiger partial charge in [0.1, 0.15) is 5.82 Å². The van der Waals surface area contributed by atoms with Crippen molar-refractivity contribution in [2.24, 2.45) is 5.41 Å². The van der Waals surface area contributed by atoms with Crippen LogP contribution in [0.4, 0.5) is 5.82 Å². The molecule has 0 aliphatic heterocycles. The number of aromatic nitrogens is 1. The topological polar surface area (TPSA) is 68.3 Å². The maximum Gasteiger partial charge on any atom is 0.338 e. The van der Waals surface area contributed by atoms with Crippen LogP contribution in [0, 0.1) is 5.41 Å². The SMILES string of the molecule is COC(=O)c1ccnc(NC(=O)C2(C)CC2)c1. The largest absolute Gasteiger partial charge is 0.465 e. The van der Waals surface area contributed by atoms with Gasteiger partial charge in [-0.15, -0.1) is 0 Å². The number of rotatable bonds is 3. The maximum absolute atomic E-state index is 11.8. The highest BCUT2D eigenvalue weighted by Gasteiger charge is 2.44. The number of methoxy groups -OCH3 is 1. The average molecular weight is 234 g/mol. The molecule has 1 aromatic heterocycles. The van der Waals surface area contributed by atoms with E-state index in [1.807, 2.05) is 6.92 Å². The predicted octanol–water partition coefficient (Wildman–Crippen LogP) is 1.61. The number of nitrogens with zero attached hydrogens (tertiary/aromatic N) is 1. The number of esters is 1. The number of ether oxygens (including phenoxy) is 1. The fourth-order valence-corrected chi connectivity index (χ4v) is 1.43. The minimum atomic E-state index is -0.444. The van der Waals surface area contributed by atoms with E-state index in [9.17, 15) is 9.59 Å². The minimum Gasteiger partial charge on any atom is -0.465 e. The van der Waals surface area contributed by atoms with Gasteiger partial charge in [0.25, 0.3) is 0 Å². The molecule has 1 aliphatic carbocycles. The van der Waals surface area contributed by atoms with Crippen molar-refractivity contribution in [1.29, 1.82) is 0 Å². The fraction of sp³-hybridized carbons (Fsp3) is 0.417. The van der Waals surface area contributed by atoms with Crippen LogP contribution in [0.25, 0.3) is 0 Å². The Hall–Kier alpha value is -1.91. The molecule has 1 amide bonds. The van der Waals surface area contributed by atoms with E-state index >= 15 is 0 Å². The quantitative estimate of drug-likeness (QED) is 0.807. The van der Waals surface area contributed by atoms with Crippen molar-refractivity contribution >= 4 is 17.7 Å². The highest BCUT2D eigenvalue weighted by atomic mass is 16.5. The molecule has 0 radical (unpaired) electrons. The third-order valence-electron chi connectivity index (χ3n) is 2.97. The van der Waals surface area contributed by atoms with Crippen LogP contribution in [0.1, 0.15) is 30.1 Å². The summed E-state index contributed by atoms with van der Waals surface area (Å²) in [6.45, 7) is 1.91. The molecule has 1 aromatic rings. The Labute approximate surface area is 99.2 Å². The normalized spacial score (nSPS) is 16.1. The molecular weight excluding hydrogens is 220 g/mol. The summed E-state index contributed by atoms with van der Waals surface area (Å²) in [5.41, 5.74) is 0.113. The van der Waals surface area contributed by atoms with E-state index < -0.39 is 5.97 Å². The van der Waals surface area contributed by atoms with E-state index in [4.69, 9.17) is 0 Å². The fourth-order valence-electron chi connectivity index (χ4n) is 1.43. The van der Waals surface area contributed by atoms with Crippen LogP contribution in [0.5, 0.6) is 0 Å². The van der Waals surface area contributed by atoms with Gasteiger partial charge in [-0.1, -0.05) is 6.92 Å². The van der Waals surface area contributed by atoms with Crippen LogP contribution >= 0.6 is 0 Å². The lowest BCUT2D eigenvalue weighted by Gasteiger charge is -2.09. The number of anilines is 1.